The Hall–Kier alpha value is -0.920. The van der Waals surface area contributed by atoms with Crippen molar-refractivity contribution in [2.45, 2.75) is 27.2 Å². The van der Waals surface area contributed by atoms with Gasteiger partial charge in [-0.25, -0.2) is 9.97 Å². The van der Waals surface area contributed by atoms with Crippen molar-refractivity contribution in [1.29, 1.82) is 0 Å². The van der Waals surface area contributed by atoms with Crippen molar-refractivity contribution >= 4 is 0 Å². The first kappa shape index (κ1) is 9.08. The van der Waals surface area contributed by atoms with Crippen LogP contribution in [0.3, 0.4) is 0 Å². The summed E-state index contributed by atoms with van der Waals surface area (Å²) in [5, 5.41) is 0. The predicted molar refractivity (Wildman–Crippen MR) is 42.9 cm³/mol. The van der Waals surface area contributed by atoms with Crippen LogP contribution in [-0.2, 0) is 0 Å². The van der Waals surface area contributed by atoms with Crippen molar-refractivity contribution in [3.63, 3.8) is 0 Å². The minimum absolute atomic E-state index is 0. The Morgan fingerprint density at radius 2 is 1.70 bits per heavy atom. The fourth-order valence-corrected chi connectivity index (χ4v) is 0.609. The number of hydrogen-bond acceptors (Lipinski definition) is 2. The molecule has 0 aliphatic carbocycles. The zero-order valence-corrected chi connectivity index (χ0v) is 5.70. The average molecular weight is 138 g/mol. The zero-order chi connectivity index (χ0) is 6.69. The highest BCUT2D eigenvalue weighted by atomic mass is 14.9. The Bertz CT molecular complexity index is 170. The molecule has 2 nitrogen and oxygen atoms in total. The van der Waals surface area contributed by atoms with Crippen molar-refractivity contribution in [2.24, 2.45) is 0 Å². The van der Waals surface area contributed by atoms with Gasteiger partial charge in [-0.3, -0.25) is 0 Å². The lowest BCUT2D eigenvalue weighted by molar-refractivity contribution is 0.774. The summed E-state index contributed by atoms with van der Waals surface area (Å²) in [5.41, 5.74) is 0. The van der Waals surface area contributed by atoms with Crippen LogP contribution in [0.2, 0.25) is 0 Å². The molecule has 0 spiro atoms. The monoisotopic (exact) mass is 138 g/mol. The van der Waals surface area contributed by atoms with E-state index < -0.39 is 0 Å². The first-order valence-electron chi connectivity index (χ1n) is 3.07. The van der Waals surface area contributed by atoms with Gasteiger partial charge in [-0.05, 0) is 6.07 Å². The molecule has 1 heterocycles. The quantitative estimate of drug-likeness (QED) is 0.594. The predicted octanol–water partition coefficient (Wildman–Crippen LogP) is 2.24. The summed E-state index contributed by atoms with van der Waals surface area (Å²) < 4.78 is 0. The molecule has 10 heavy (non-hydrogen) atoms. The van der Waals surface area contributed by atoms with E-state index in [9.17, 15) is 0 Å². The highest BCUT2D eigenvalue weighted by molar-refractivity contribution is 4.92. The van der Waals surface area contributed by atoms with Crippen LogP contribution in [0.25, 0.3) is 0 Å². The maximum absolute atomic E-state index is 4.07. The minimum atomic E-state index is 0. The highest BCUT2D eigenvalue weighted by Gasteiger charge is 1.97. The van der Waals surface area contributed by atoms with E-state index in [1.165, 1.54) is 0 Å². The van der Waals surface area contributed by atoms with Gasteiger partial charge in [0, 0.05) is 18.3 Å². The summed E-state index contributed by atoms with van der Waals surface area (Å²) in [6.45, 7) is 4.16. The SMILES string of the molecule is C.CC(C)c1ncccn1. The van der Waals surface area contributed by atoms with Gasteiger partial charge in [-0.15, -0.1) is 0 Å². The third-order valence-corrected chi connectivity index (χ3v) is 1.10. The second-order valence-electron chi connectivity index (χ2n) is 2.26. The van der Waals surface area contributed by atoms with E-state index in [2.05, 4.69) is 23.8 Å². The normalized spacial score (nSPS) is 9.10. The Morgan fingerprint density at radius 3 is 2.00 bits per heavy atom. The van der Waals surface area contributed by atoms with Gasteiger partial charge in [-0.1, -0.05) is 21.3 Å². The number of hydrogen-bond donors (Lipinski definition) is 0. The maximum Gasteiger partial charge on any atom is 0.130 e. The average Bonchev–Trinajstić information content (AvgIpc) is 1.90. The lowest BCUT2D eigenvalue weighted by Gasteiger charge is -1.98. The van der Waals surface area contributed by atoms with E-state index in [0.717, 1.165) is 5.82 Å². The van der Waals surface area contributed by atoms with Crippen LogP contribution in [0.1, 0.15) is 33.0 Å². The summed E-state index contributed by atoms with van der Waals surface area (Å²) in [4.78, 5) is 8.13. The van der Waals surface area contributed by atoms with E-state index >= 15 is 0 Å². The molecule has 0 atom stereocenters. The smallest absolute Gasteiger partial charge is 0.130 e. The summed E-state index contributed by atoms with van der Waals surface area (Å²) in [7, 11) is 0. The van der Waals surface area contributed by atoms with Crippen molar-refractivity contribution in [2.75, 3.05) is 0 Å². The van der Waals surface area contributed by atoms with Gasteiger partial charge in [0.1, 0.15) is 5.82 Å². The third-order valence-electron chi connectivity index (χ3n) is 1.10. The molecular formula is C8H14N2. The summed E-state index contributed by atoms with van der Waals surface area (Å²) in [6.07, 6.45) is 3.53. The van der Waals surface area contributed by atoms with Crippen LogP contribution in [0, 0.1) is 0 Å². The zero-order valence-electron chi connectivity index (χ0n) is 5.70. The molecule has 0 N–H and O–H groups in total. The largest absolute Gasteiger partial charge is 0.241 e. The Kier molecular flexibility index (Phi) is 3.62. The highest BCUT2D eigenvalue weighted by Crippen LogP contribution is 2.04. The van der Waals surface area contributed by atoms with Gasteiger partial charge in [0.05, 0.1) is 0 Å². The molecule has 2 heteroatoms. The summed E-state index contributed by atoms with van der Waals surface area (Å²) >= 11 is 0. The fraction of sp³-hybridized carbons (Fsp3) is 0.500. The first-order chi connectivity index (χ1) is 4.30. The van der Waals surface area contributed by atoms with Crippen LogP contribution in [0.4, 0.5) is 0 Å². The molecule has 0 fully saturated rings. The molecule has 0 saturated heterocycles. The van der Waals surface area contributed by atoms with Crippen LogP contribution < -0.4 is 0 Å². The van der Waals surface area contributed by atoms with Crippen LogP contribution >= 0.6 is 0 Å². The molecule has 0 saturated carbocycles. The molecule has 0 aliphatic rings. The van der Waals surface area contributed by atoms with Gasteiger partial charge in [0.15, 0.2) is 0 Å². The molecule has 0 aliphatic heterocycles. The first-order valence-corrected chi connectivity index (χ1v) is 3.07. The summed E-state index contributed by atoms with van der Waals surface area (Å²) in [5.74, 6) is 1.35. The Morgan fingerprint density at radius 1 is 1.20 bits per heavy atom. The van der Waals surface area contributed by atoms with E-state index in [1.807, 2.05) is 6.07 Å². The van der Waals surface area contributed by atoms with Crippen LogP contribution in [0.15, 0.2) is 18.5 Å². The lowest BCUT2D eigenvalue weighted by atomic mass is 10.2. The second-order valence-corrected chi connectivity index (χ2v) is 2.26. The number of rotatable bonds is 1. The molecule has 56 valence electrons. The number of nitrogens with zero attached hydrogens (tertiary/aromatic N) is 2. The van der Waals surface area contributed by atoms with Gasteiger partial charge in [0.25, 0.3) is 0 Å². The van der Waals surface area contributed by atoms with E-state index in [0.29, 0.717) is 5.92 Å². The molecule has 1 aromatic heterocycles. The fourth-order valence-electron chi connectivity index (χ4n) is 0.609. The molecule has 0 bridgehead atoms. The van der Waals surface area contributed by atoms with Gasteiger partial charge in [-0.2, -0.15) is 0 Å². The number of aromatic nitrogens is 2. The standard InChI is InChI=1S/C7H10N2.CH4/c1-6(2)7-8-4-3-5-9-7;/h3-6H,1-2H3;1H4. The Labute approximate surface area is 62.3 Å². The summed E-state index contributed by atoms with van der Waals surface area (Å²) in [6, 6.07) is 1.83. The minimum Gasteiger partial charge on any atom is -0.241 e. The molecular weight excluding hydrogens is 124 g/mol. The Balaban J connectivity index is 0.000000810. The molecule has 1 aromatic rings. The van der Waals surface area contributed by atoms with Crippen molar-refractivity contribution < 1.29 is 0 Å². The van der Waals surface area contributed by atoms with Gasteiger partial charge < -0.3 is 0 Å². The van der Waals surface area contributed by atoms with Crippen molar-refractivity contribution in [1.82, 2.24) is 9.97 Å². The van der Waals surface area contributed by atoms with Crippen LogP contribution in [0.5, 0.6) is 0 Å². The lowest BCUT2D eigenvalue weighted by Crippen LogP contribution is -1.93. The van der Waals surface area contributed by atoms with Crippen molar-refractivity contribution in [3.8, 4) is 0 Å². The van der Waals surface area contributed by atoms with Crippen molar-refractivity contribution in [3.05, 3.63) is 24.3 Å². The second kappa shape index (κ2) is 3.99. The van der Waals surface area contributed by atoms with Gasteiger partial charge in [0.2, 0.25) is 0 Å². The molecule has 1 rings (SSSR count). The van der Waals surface area contributed by atoms with E-state index in [1.54, 1.807) is 12.4 Å². The topological polar surface area (TPSA) is 25.8 Å². The van der Waals surface area contributed by atoms with E-state index in [4.69, 9.17) is 0 Å². The molecule has 0 unspecified atom stereocenters. The maximum atomic E-state index is 4.07. The molecule has 0 radical (unpaired) electrons. The van der Waals surface area contributed by atoms with Crippen LogP contribution in [-0.4, -0.2) is 9.97 Å². The van der Waals surface area contributed by atoms with E-state index in [-0.39, 0.29) is 7.43 Å². The van der Waals surface area contributed by atoms with Gasteiger partial charge >= 0.3 is 0 Å². The molecule has 0 aromatic carbocycles. The third kappa shape index (κ3) is 2.13. The molecule has 0 amide bonds.